The number of halogens is 1. The fourth-order valence-corrected chi connectivity index (χ4v) is 2.18. The van der Waals surface area contributed by atoms with Gasteiger partial charge in [-0.3, -0.25) is 4.79 Å². The van der Waals surface area contributed by atoms with Crippen molar-refractivity contribution in [3.05, 3.63) is 35.1 Å². The SMILES string of the molecule is CC1(C)CN(C(=O)c2ccc(C(=O)O)cc2F)CCO1. The lowest BCUT2D eigenvalue weighted by molar-refractivity contribution is -0.0764. The van der Waals surface area contributed by atoms with Crippen molar-refractivity contribution >= 4 is 11.9 Å². The number of hydrogen-bond acceptors (Lipinski definition) is 3. The van der Waals surface area contributed by atoms with Gasteiger partial charge in [-0.05, 0) is 32.0 Å². The summed E-state index contributed by atoms with van der Waals surface area (Å²) in [7, 11) is 0. The van der Waals surface area contributed by atoms with Crippen molar-refractivity contribution in [2.45, 2.75) is 19.4 Å². The van der Waals surface area contributed by atoms with E-state index < -0.39 is 23.3 Å². The van der Waals surface area contributed by atoms with Crippen LogP contribution in [0.4, 0.5) is 4.39 Å². The molecule has 20 heavy (non-hydrogen) atoms. The van der Waals surface area contributed by atoms with Crippen molar-refractivity contribution in [2.24, 2.45) is 0 Å². The Morgan fingerprint density at radius 1 is 1.40 bits per heavy atom. The summed E-state index contributed by atoms with van der Waals surface area (Å²) in [5, 5.41) is 8.78. The molecule has 108 valence electrons. The molecule has 5 nitrogen and oxygen atoms in total. The fraction of sp³-hybridized carbons (Fsp3) is 0.429. The Labute approximate surface area is 116 Å². The molecule has 1 saturated heterocycles. The zero-order valence-electron chi connectivity index (χ0n) is 11.4. The highest BCUT2D eigenvalue weighted by molar-refractivity contribution is 5.96. The Kier molecular flexibility index (Phi) is 3.76. The molecule has 2 rings (SSSR count). The van der Waals surface area contributed by atoms with Gasteiger partial charge in [-0.2, -0.15) is 0 Å². The van der Waals surface area contributed by atoms with Gasteiger partial charge in [0.25, 0.3) is 5.91 Å². The van der Waals surface area contributed by atoms with E-state index in [1.165, 1.54) is 17.0 Å². The summed E-state index contributed by atoms with van der Waals surface area (Å²) >= 11 is 0. The van der Waals surface area contributed by atoms with Crippen LogP contribution in [0.3, 0.4) is 0 Å². The number of carbonyl (C=O) groups excluding carboxylic acids is 1. The van der Waals surface area contributed by atoms with Crippen LogP contribution >= 0.6 is 0 Å². The molecule has 0 spiro atoms. The molecular weight excluding hydrogens is 265 g/mol. The van der Waals surface area contributed by atoms with Crippen LogP contribution in [0.5, 0.6) is 0 Å². The number of aromatic carboxylic acids is 1. The molecule has 1 aromatic carbocycles. The number of morpholine rings is 1. The van der Waals surface area contributed by atoms with Crippen LogP contribution in [0.2, 0.25) is 0 Å². The molecule has 1 aliphatic rings. The Bertz CT molecular complexity index is 556. The lowest BCUT2D eigenvalue weighted by Crippen LogP contribution is -2.50. The highest BCUT2D eigenvalue weighted by Crippen LogP contribution is 2.20. The molecule has 0 unspecified atom stereocenters. The minimum atomic E-state index is -1.23. The summed E-state index contributed by atoms with van der Waals surface area (Å²) in [4.78, 5) is 24.5. The van der Waals surface area contributed by atoms with Gasteiger partial charge in [-0.1, -0.05) is 0 Å². The fourth-order valence-electron chi connectivity index (χ4n) is 2.18. The number of carbonyl (C=O) groups is 2. The zero-order valence-corrected chi connectivity index (χ0v) is 11.4. The first-order valence-electron chi connectivity index (χ1n) is 6.26. The second kappa shape index (κ2) is 5.20. The molecule has 6 heteroatoms. The third-order valence-electron chi connectivity index (χ3n) is 3.16. The number of rotatable bonds is 2. The van der Waals surface area contributed by atoms with Crippen molar-refractivity contribution < 1.29 is 23.8 Å². The van der Waals surface area contributed by atoms with E-state index >= 15 is 0 Å². The average Bonchev–Trinajstić information content (AvgIpc) is 2.36. The van der Waals surface area contributed by atoms with Gasteiger partial charge in [0.15, 0.2) is 0 Å². The summed E-state index contributed by atoms with van der Waals surface area (Å²) in [6, 6.07) is 3.30. The highest BCUT2D eigenvalue weighted by Gasteiger charge is 2.31. The molecule has 1 N–H and O–H groups in total. The van der Waals surface area contributed by atoms with Gasteiger partial charge in [0, 0.05) is 13.1 Å². The number of carboxylic acid groups (broad SMARTS) is 1. The maximum Gasteiger partial charge on any atom is 0.335 e. The second-order valence-electron chi connectivity index (χ2n) is 5.33. The van der Waals surface area contributed by atoms with E-state index in [4.69, 9.17) is 9.84 Å². The minimum absolute atomic E-state index is 0.118. The van der Waals surface area contributed by atoms with Crippen LogP contribution in [0.25, 0.3) is 0 Å². The number of ether oxygens (including phenoxy) is 1. The van der Waals surface area contributed by atoms with Crippen LogP contribution in [-0.4, -0.2) is 47.2 Å². The maximum atomic E-state index is 13.9. The third kappa shape index (κ3) is 2.96. The molecule has 0 aromatic heterocycles. The average molecular weight is 281 g/mol. The van der Waals surface area contributed by atoms with E-state index in [0.717, 1.165) is 6.07 Å². The smallest absolute Gasteiger partial charge is 0.335 e. The number of carboxylic acids is 1. The maximum absolute atomic E-state index is 13.9. The Morgan fingerprint density at radius 2 is 2.10 bits per heavy atom. The van der Waals surface area contributed by atoms with Crippen LogP contribution in [0.15, 0.2) is 18.2 Å². The quantitative estimate of drug-likeness (QED) is 0.897. The molecule has 0 bridgehead atoms. The van der Waals surface area contributed by atoms with Crippen LogP contribution in [0.1, 0.15) is 34.6 Å². The number of nitrogens with zero attached hydrogens (tertiary/aromatic N) is 1. The standard InChI is InChI=1S/C14H16FNO4/c1-14(2)8-16(5-6-20-14)12(17)10-4-3-9(13(18)19)7-11(10)15/h3-4,7H,5-6,8H2,1-2H3,(H,18,19). The molecular formula is C14H16FNO4. The largest absolute Gasteiger partial charge is 0.478 e. The minimum Gasteiger partial charge on any atom is -0.478 e. The van der Waals surface area contributed by atoms with Crippen molar-refractivity contribution in [3.8, 4) is 0 Å². The molecule has 0 atom stereocenters. The zero-order chi connectivity index (χ0) is 14.9. The van der Waals surface area contributed by atoms with Crippen molar-refractivity contribution in [3.63, 3.8) is 0 Å². The Morgan fingerprint density at radius 3 is 2.65 bits per heavy atom. The van der Waals surface area contributed by atoms with E-state index in [0.29, 0.717) is 19.7 Å². The number of amides is 1. The highest BCUT2D eigenvalue weighted by atomic mass is 19.1. The van der Waals surface area contributed by atoms with Gasteiger partial charge >= 0.3 is 5.97 Å². The molecule has 1 aromatic rings. The van der Waals surface area contributed by atoms with Gasteiger partial charge in [0.2, 0.25) is 0 Å². The Hall–Kier alpha value is -1.95. The summed E-state index contributed by atoms with van der Waals surface area (Å²) < 4.78 is 19.4. The third-order valence-corrected chi connectivity index (χ3v) is 3.16. The molecule has 1 heterocycles. The van der Waals surface area contributed by atoms with Crippen molar-refractivity contribution in [1.82, 2.24) is 4.90 Å². The lowest BCUT2D eigenvalue weighted by atomic mass is 10.1. The topological polar surface area (TPSA) is 66.8 Å². The number of hydrogen-bond donors (Lipinski definition) is 1. The first kappa shape index (κ1) is 14.5. The number of benzene rings is 1. The second-order valence-corrected chi connectivity index (χ2v) is 5.33. The van der Waals surface area contributed by atoms with Crippen LogP contribution in [-0.2, 0) is 4.74 Å². The summed E-state index contributed by atoms with van der Waals surface area (Å²) in [5.74, 6) is -2.49. The van der Waals surface area contributed by atoms with Gasteiger partial charge in [0.1, 0.15) is 5.82 Å². The van der Waals surface area contributed by atoms with Gasteiger partial charge < -0.3 is 14.7 Å². The van der Waals surface area contributed by atoms with E-state index in [1.54, 1.807) is 0 Å². The first-order chi connectivity index (χ1) is 9.30. The predicted octanol–water partition coefficient (Wildman–Crippen LogP) is 1.77. The molecule has 0 radical (unpaired) electrons. The lowest BCUT2D eigenvalue weighted by Gasteiger charge is -2.38. The van der Waals surface area contributed by atoms with E-state index in [9.17, 15) is 14.0 Å². The van der Waals surface area contributed by atoms with Gasteiger partial charge in [-0.15, -0.1) is 0 Å². The summed E-state index contributed by atoms with van der Waals surface area (Å²) in [6.07, 6.45) is 0. The molecule has 0 saturated carbocycles. The van der Waals surface area contributed by atoms with Crippen LogP contribution in [0, 0.1) is 5.82 Å². The van der Waals surface area contributed by atoms with Gasteiger partial charge in [-0.25, -0.2) is 9.18 Å². The normalized spacial score (nSPS) is 17.9. The molecule has 0 aliphatic carbocycles. The monoisotopic (exact) mass is 281 g/mol. The molecule has 1 amide bonds. The van der Waals surface area contributed by atoms with Crippen molar-refractivity contribution in [2.75, 3.05) is 19.7 Å². The Balaban J connectivity index is 2.23. The molecule has 1 fully saturated rings. The van der Waals surface area contributed by atoms with Gasteiger partial charge in [0.05, 0.1) is 23.3 Å². The van der Waals surface area contributed by atoms with E-state index in [-0.39, 0.29) is 11.1 Å². The van der Waals surface area contributed by atoms with Crippen LogP contribution < -0.4 is 0 Å². The summed E-state index contributed by atoms with van der Waals surface area (Å²) in [6.45, 7) is 4.87. The first-order valence-corrected chi connectivity index (χ1v) is 6.26. The van der Waals surface area contributed by atoms with E-state index in [1.807, 2.05) is 13.8 Å². The van der Waals surface area contributed by atoms with Crippen molar-refractivity contribution in [1.29, 1.82) is 0 Å². The molecule has 1 aliphatic heterocycles. The predicted molar refractivity (Wildman–Crippen MR) is 69.3 cm³/mol. The summed E-state index contributed by atoms with van der Waals surface area (Å²) in [5.41, 5.74) is -0.764. The van der Waals surface area contributed by atoms with E-state index in [2.05, 4.69) is 0 Å².